The van der Waals surface area contributed by atoms with Crippen LogP contribution in [0.3, 0.4) is 0 Å². The predicted molar refractivity (Wildman–Crippen MR) is 71.8 cm³/mol. The van der Waals surface area contributed by atoms with E-state index in [0.29, 0.717) is 12.8 Å². The Morgan fingerprint density at radius 2 is 1.80 bits per heavy atom. The quantitative estimate of drug-likeness (QED) is 0.675. The summed E-state index contributed by atoms with van der Waals surface area (Å²) in [5.74, 6) is -1.80. The lowest BCUT2D eigenvalue weighted by atomic mass is 9.70. The summed E-state index contributed by atoms with van der Waals surface area (Å²) in [5, 5.41) is 0. The third-order valence-electron chi connectivity index (χ3n) is 5.25. The third-order valence-corrected chi connectivity index (χ3v) is 7.97. The van der Waals surface area contributed by atoms with Crippen LogP contribution in [0.4, 0.5) is 0 Å². The lowest BCUT2D eigenvalue weighted by Crippen LogP contribution is -2.43. The average Bonchev–Trinajstić information content (AvgIpc) is 2.59. The van der Waals surface area contributed by atoms with Crippen LogP contribution < -0.4 is 0 Å². The molecule has 2 aliphatic carbocycles. The maximum Gasteiger partial charge on any atom is 0.152 e. The maximum absolute atomic E-state index is 12.2. The summed E-state index contributed by atoms with van der Waals surface area (Å²) in [7, 11) is -8.31. The molecule has 0 radical (unpaired) electrons. The molecule has 2 saturated carbocycles. The number of carbonyl (C=O) groups excluding carboxylic acids is 1. The molecule has 0 aromatic rings. The first-order valence-corrected chi connectivity index (χ1v) is 9.97. The van der Waals surface area contributed by atoms with E-state index in [1.807, 2.05) is 13.8 Å². The van der Waals surface area contributed by atoms with Gasteiger partial charge in [-0.3, -0.25) is 4.79 Å². The highest BCUT2D eigenvalue weighted by Crippen LogP contribution is 2.64. The molecule has 6 nitrogen and oxygen atoms in total. The Bertz CT molecular complexity index is 631. The van der Waals surface area contributed by atoms with Crippen molar-refractivity contribution in [3.8, 4) is 0 Å². The van der Waals surface area contributed by atoms with Gasteiger partial charge in [-0.1, -0.05) is 13.8 Å². The van der Waals surface area contributed by atoms with Crippen molar-refractivity contribution < 1.29 is 26.2 Å². The van der Waals surface area contributed by atoms with Crippen molar-refractivity contribution in [2.75, 3.05) is 17.3 Å². The molecule has 20 heavy (non-hydrogen) atoms. The van der Waals surface area contributed by atoms with Crippen molar-refractivity contribution in [3.63, 3.8) is 0 Å². The van der Waals surface area contributed by atoms with Crippen LogP contribution in [0.5, 0.6) is 0 Å². The number of carbonyl (C=O) groups is 1. The zero-order chi connectivity index (χ0) is 15.4. The average molecular weight is 323 g/mol. The van der Waals surface area contributed by atoms with Gasteiger partial charge in [-0.25, -0.2) is 16.8 Å². The molecule has 2 unspecified atom stereocenters. The number of Topliss-reactive ketones (excluding diaryl/α,β-unsaturated/α-hetero) is 1. The maximum atomic E-state index is 12.2. The van der Waals surface area contributed by atoms with E-state index in [1.165, 1.54) is 0 Å². The fourth-order valence-electron chi connectivity index (χ4n) is 3.78. The first-order valence-electron chi connectivity index (χ1n) is 6.57. The molecule has 0 saturated heterocycles. The Labute approximate surface area is 119 Å². The lowest BCUT2D eigenvalue weighted by Gasteiger charge is -2.36. The Hall–Kier alpha value is -0.470. The van der Waals surface area contributed by atoms with Gasteiger partial charge in [0.25, 0.3) is 0 Å². The van der Waals surface area contributed by atoms with Crippen molar-refractivity contribution in [2.24, 2.45) is 16.7 Å². The fourth-order valence-corrected chi connectivity index (χ4v) is 7.19. The van der Waals surface area contributed by atoms with Gasteiger partial charge < -0.3 is 4.55 Å². The summed E-state index contributed by atoms with van der Waals surface area (Å²) in [6.07, 6.45) is 1.77. The van der Waals surface area contributed by atoms with Crippen LogP contribution in [0.1, 0.15) is 33.1 Å². The first kappa shape index (κ1) is 15.9. The van der Waals surface area contributed by atoms with Gasteiger partial charge in [-0.15, -0.1) is 0 Å². The molecule has 0 heterocycles. The minimum Gasteiger partial charge on any atom is -0.748 e. The Morgan fingerprint density at radius 1 is 1.20 bits per heavy atom. The van der Waals surface area contributed by atoms with Crippen molar-refractivity contribution in [1.82, 2.24) is 0 Å². The Morgan fingerprint density at radius 3 is 2.20 bits per heavy atom. The number of hydrogen-bond donors (Lipinski definition) is 0. The number of hydrogen-bond acceptors (Lipinski definition) is 6. The van der Waals surface area contributed by atoms with Crippen LogP contribution in [0.2, 0.25) is 0 Å². The van der Waals surface area contributed by atoms with Crippen molar-refractivity contribution in [1.29, 1.82) is 0 Å². The van der Waals surface area contributed by atoms with Gasteiger partial charge in [0.1, 0.15) is 5.78 Å². The van der Waals surface area contributed by atoms with Crippen LogP contribution in [0.25, 0.3) is 0 Å². The molecule has 0 aromatic heterocycles. The topological polar surface area (TPSA) is 108 Å². The van der Waals surface area contributed by atoms with Gasteiger partial charge in [0, 0.05) is 11.8 Å². The Balaban J connectivity index is 2.22. The number of ketones is 1. The molecule has 2 aliphatic rings. The molecule has 2 atom stereocenters. The van der Waals surface area contributed by atoms with E-state index < -0.39 is 36.9 Å². The zero-order valence-electron chi connectivity index (χ0n) is 11.6. The van der Waals surface area contributed by atoms with E-state index in [9.17, 15) is 26.2 Å². The second-order valence-electron chi connectivity index (χ2n) is 6.52. The number of fused-ring (bicyclic) bond motifs is 2. The fraction of sp³-hybridized carbons (Fsp3) is 0.917. The van der Waals surface area contributed by atoms with Crippen molar-refractivity contribution in [3.05, 3.63) is 0 Å². The van der Waals surface area contributed by atoms with Crippen molar-refractivity contribution in [2.45, 2.75) is 33.1 Å². The molecule has 0 N–H and O–H groups in total. The molecule has 8 heteroatoms. The van der Waals surface area contributed by atoms with Crippen molar-refractivity contribution >= 4 is 25.7 Å². The second kappa shape index (κ2) is 4.51. The van der Waals surface area contributed by atoms with Gasteiger partial charge >= 0.3 is 0 Å². The van der Waals surface area contributed by atoms with E-state index in [0.717, 1.165) is 6.42 Å². The summed E-state index contributed by atoms with van der Waals surface area (Å²) >= 11 is 0. The largest absolute Gasteiger partial charge is 0.748 e. The van der Waals surface area contributed by atoms with Crippen LogP contribution in [-0.2, 0) is 24.7 Å². The smallest absolute Gasteiger partial charge is 0.152 e. The Kier molecular flexibility index (Phi) is 3.59. The highest BCUT2D eigenvalue weighted by molar-refractivity contribution is 7.93. The van der Waals surface area contributed by atoms with E-state index >= 15 is 0 Å². The van der Waals surface area contributed by atoms with E-state index in [4.69, 9.17) is 0 Å². The van der Waals surface area contributed by atoms with Gasteiger partial charge in [-0.2, -0.15) is 0 Å². The summed E-state index contributed by atoms with van der Waals surface area (Å²) in [6, 6.07) is 0. The van der Waals surface area contributed by atoms with Gasteiger partial charge in [0.2, 0.25) is 0 Å². The minimum atomic E-state index is -4.56. The van der Waals surface area contributed by atoms with E-state index in [2.05, 4.69) is 0 Å². The molecule has 2 bridgehead atoms. The summed E-state index contributed by atoms with van der Waals surface area (Å²) in [5.41, 5.74) is -1.28. The van der Waals surface area contributed by atoms with Crippen LogP contribution in [-0.4, -0.2) is 44.4 Å². The predicted octanol–water partition coefficient (Wildman–Crippen LogP) is 0.342. The monoisotopic (exact) mass is 323 g/mol. The molecule has 0 aliphatic heterocycles. The molecule has 0 aromatic carbocycles. The first-order chi connectivity index (χ1) is 8.90. The van der Waals surface area contributed by atoms with E-state index in [1.54, 1.807) is 0 Å². The minimum absolute atomic E-state index is 0.0349. The number of sulfone groups is 1. The third kappa shape index (κ3) is 2.53. The highest BCUT2D eigenvalue weighted by Gasteiger charge is 2.65. The molecular weight excluding hydrogens is 304 g/mol. The van der Waals surface area contributed by atoms with Crippen LogP contribution in [0.15, 0.2) is 0 Å². The molecule has 0 spiro atoms. The normalized spacial score (nSPS) is 32.8. The highest BCUT2D eigenvalue weighted by atomic mass is 32.2. The van der Waals surface area contributed by atoms with Gasteiger partial charge in [0.05, 0.1) is 27.4 Å². The van der Waals surface area contributed by atoms with E-state index in [-0.39, 0.29) is 22.9 Å². The van der Waals surface area contributed by atoms with Crippen LogP contribution in [0, 0.1) is 16.7 Å². The molecule has 116 valence electrons. The lowest BCUT2D eigenvalue weighted by molar-refractivity contribution is -0.128. The molecule has 0 amide bonds. The second-order valence-corrected chi connectivity index (χ2v) is 10.2. The summed E-state index contributed by atoms with van der Waals surface area (Å²) in [4.78, 5) is 12.2. The van der Waals surface area contributed by atoms with Crippen LogP contribution >= 0.6 is 0 Å². The summed E-state index contributed by atoms with van der Waals surface area (Å²) in [6.45, 7) is 3.82. The zero-order valence-corrected chi connectivity index (χ0v) is 13.2. The molecular formula is C12H19O6S2-. The van der Waals surface area contributed by atoms with Gasteiger partial charge in [-0.05, 0) is 24.2 Å². The number of rotatable bonds is 5. The molecule has 2 rings (SSSR count). The molecule has 2 fully saturated rings. The standard InChI is InChI=1S/C12H20O6S2/c1-11(2)9-3-4-12(11,10(13)7-9)8-19(14,15)5-6-20(16,17)18/h9H,3-8H2,1-2H3,(H,16,17,18)/p-1. The summed E-state index contributed by atoms with van der Waals surface area (Å²) < 4.78 is 55.9. The van der Waals surface area contributed by atoms with Gasteiger partial charge in [0.15, 0.2) is 9.84 Å². The SMILES string of the molecule is CC1(C)C2CCC1(CS(=O)(=O)CCS(=O)(=O)[O-])C(=O)C2.